The van der Waals surface area contributed by atoms with E-state index in [1.165, 1.54) is 31.4 Å². The first-order chi connectivity index (χ1) is 12.2. The second-order valence-corrected chi connectivity index (χ2v) is 6.27. The van der Waals surface area contributed by atoms with Gasteiger partial charge >= 0.3 is 5.97 Å². The maximum absolute atomic E-state index is 11.7. The number of nitrogens with zero attached hydrogens (tertiary/aromatic N) is 1. The third-order valence-electron chi connectivity index (χ3n) is 4.33. The number of para-hydroxylation sites is 2. The van der Waals surface area contributed by atoms with Crippen molar-refractivity contribution in [3.63, 3.8) is 0 Å². The molecule has 132 valence electrons. The van der Waals surface area contributed by atoms with Crippen LogP contribution in [0.25, 0.3) is 17.2 Å². The van der Waals surface area contributed by atoms with E-state index in [0.717, 1.165) is 18.4 Å². The molecule has 1 aliphatic carbocycles. The van der Waals surface area contributed by atoms with Gasteiger partial charge in [0.1, 0.15) is 5.52 Å². The number of ether oxygens (including phenoxy) is 1. The fourth-order valence-electron chi connectivity index (χ4n) is 2.99. The number of nitrogens with one attached hydrogen (secondary N) is 1. The summed E-state index contributed by atoms with van der Waals surface area (Å²) in [7, 11) is 0. The van der Waals surface area contributed by atoms with Crippen LogP contribution < -0.4 is 5.32 Å². The number of hydrogen-bond donors (Lipinski definition) is 1. The lowest BCUT2D eigenvalue weighted by Gasteiger charge is -2.21. The fourth-order valence-corrected chi connectivity index (χ4v) is 2.99. The van der Waals surface area contributed by atoms with Crippen molar-refractivity contribution in [1.82, 2.24) is 10.3 Å². The molecule has 0 saturated heterocycles. The van der Waals surface area contributed by atoms with Gasteiger partial charge in [0.05, 0.1) is 0 Å². The third kappa shape index (κ3) is 5.17. The smallest absolute Gasteiger partial charge is 0.331 e. The number of rotatable bonds is 6. The van der Waals surface area contributed by atoms with Crippen molar-refractivity contribution in [2.45, 2.75) is 32.1 Å². The topological polar surface area (TPSA) is 81.4 Å². The lowest BCUT2D eigenvalue weighted by molar-refractivity contribution is -0.143. The van der Waals surface area contributed by atoms with E-state index in [2.05, 4.69) is 10.3 Å². The number of fused-ring (bicyclic) bond motifs is 1. The van der Waals surface area contributed by atoms with Gasteiger partial charge in [0, 0.05) is 18.7 Å². The first-order valence-electron chi connectivity index (χ1n) is 8.68. The average Bonchev–Trinajstić information content (AvgIpc) is 3.07. The monoisotopic (exact) mass is 342 g/mol. The van der Waals surface area contributed by atoms with Crippen LogP contribution in [0.1, 0.15) is 38.0 Å². The summed E-state index contributed by atoms with van der Waals surface area (Å²) in [5.41, 5.74) is 1.37. The molecule has 0 aliphatic heterocycles. The van der Waals surface area contributed by atoms with Crippen molar-refractivity contribution in [2.24, 2.45) is 5.92 Å². The van der Waals surface area contributed by atoms with E-state index in [-0.39, 0.29) is 12.5 Å². The van der Waals surface area contributed by atoms with Gasteiger partial charge in [-0.1, -0.05) is 31.4 Å². The molecule has 6 nitrogen and oxygen atoms in total. The van der Waals surface area contributed by atoms with Crippen LogP contribution in [-0.2, 0) is 14.3 Å². The summed E-state index contributed by atoms with van der Waals surface area (Å²) in [4.78, 5) is 27.6. The minimum atomic E-state index is -0.602. The van der Waals surface area contributed by atoms with E-state index in [9.17, 15) is 9.59 Å². The molecule has 1 aliphatic rings. The number of benzene rings is 1. The highest BCUT2D eigenvalue weighted by atomic mass is 16.5. The Labute approximate surface area is 146 Å². The first kappa shape index (κ1) is 17.2. The normalized spacial score (nSPS) is 15.5. The van der Waals surface area contributed by atoms with Gasteiger partial charge in [-0.05, 0) is 30.9 Å². The standard InChI is InChI=1S/C19H22N2O4/c22-17(20-12-14-6-2-1-3-7-14)13-24-19(23)11-10-18-21-15-8-4-5-9-16(15)25-18/h4-5,8-11,14H,1-3,6-7,12-13H2,(H,20,22)/b11-10+. The van der Waals surface area contributed by atoms with Gasteiger partial charge in [0.2, 0.25) is 5.89 Å². The summed E-state index contributed by atoms with van der Waals surface area (Å²) in [5.74, 6) is -0.00313. The molecule has 3 rings (SSSR count). The van der Waals surface area contributed by atoms with Gasteiger partial charge < -0.3 is 14.5 Å². The Morgan fingerprint density at radius 2 is 2.04 bits per heavy atom. The van der Waals surface area contributed by atoms with Crippen LogP contribution in [0.2, 0.25) is 0 Å². The van der Waals surface area contributed by atoms with Gasteiger partial charge in [-0.25, -0.2) is 9.78 Å². The van der Waals surface area contributed by atoms with Gasteiger partial charge in [0.15, 0.2) is 12.2 Å². The molecule has 0 unspecified atom stereocenters. The zero-order valence-corrected chi connectivity index (χ0v) is 14.1. The Kier molecular flexibility index (Phi) is 5.82. The van der Waals surface area contributed by atoms with Gasteiger partial charge in [-0.2, -0.15) is 0 Å². The van der Waals surface area contributed by atoms with E-state index < -0.39 is 5.97 Å². The summed E-state index contributed by atoms with van der Waals surface area (Å²) in [6.45, 7) is 0.387. The zero-order chi connectivity index (χ0) is 17.5. The fraction of sp³-hybridized carbons (Fsp3) is 0.421. The highest BCUT2D eigenvalue weighted by Gasteiger charge is 2.14. The molecule has 1 saturated carbocycles. The second-order valence-electron chi connectivity index (χ2n) is 6.27. The van der Waals surface area contributed by atoms with E-state index in [0.29, 0.717) is 23.9 Å². The van der Waals surface area contributed by atoms with E-state index >= 15 is 0 Å². The summed E-state index contributed by atoms with van der Waals surface area (Å²) >= 11 is 0. The van der Waals surface area contributed by atoms with Gasteiger partial charge in [-0.15, -0.1) is 0 Å². The van der Waals surface area contributed by atoms with Crippen molar-refractivity contribution in [3.05, 3.63) is 36.2 Å². The molecule has 1 fully saturated rings. The Hall–Kier alpha value is -2.63. The van der Waals surface area contributed by atoms with Crippen LogP contribution in [0, 0.1) is 5.92 Å². The van der Waals surface area contributed by atoms with Crippen LogP contribution in [0.5, 0.6) is 0 Å². The van der Waals surface area contributed by atoms with Crippen LogP contribution in [0.15, 0.2) is 34.8 Å². The first-order valence-corrected chi connectivity index (χ1v) is 8.68. The van der Waals surface area contributed by atoms with Crippen molar-refractivity contribution in [3.8, 4) is 0 Å². The maximum atomic E-state index is 11.7. The number of esters is 1. The molecule has 0 bridgehead atoms. The van der Waals surface area contributed by atoms with Crippen molar-refractivity contribution in [2.75, 3.05) is 13.2 Å². The molecule has 0 radical (unpaired) electrons. The lowest BCUT2D eigenvalue weighted by Crippen LogP contribution is -2.33. The zero-order valence-electron chi connectivity index (χ0n) is 14.1. The average molecular weight is 342 g/mol. The molecule has 1 heterocycles. The van der Waals surface area contributed by atoms with Crippen LogP contribution in [0.4, 0.5) is 0 Å². The Morgan fingerprint density at radius 1 is 1.24 bits per heavy atom. The number of aromatic nitrogens is 1. The van der Waals surface area contributed by atoms with Crippen molar-refractivity contribution >= 4 is 29.1 Å². The van der Waals surface area contributed by atoms with Crippen LogP contribution in [0.3, 0.4) is 0 Å². The summed E-state index contributed by atoms with van der Waals surface area (Å²) < 4.78 is 10.4. The Morgan fingerprint density at radius 3 is 2.84 bits per heavy atom. The van der Waals surface area contributed by atoms with Crippen molar-refractivity contribution in [1.29, 1.82) is 0 Å². The predicted molar refractivity (Wildman–Crippen MR) is 93.6 cm³/mol. The summed E-state index contributed by atoms with van der Waals surface area (Å²) in [6.07, 6.45) is 8.71. The lowest BCUT2D eigenvalue weighted by atomic mass is 9.89. The minimum absolute atomic E-state index is 0.269. The van der Waals surface area contributed by atoms with E-state index in [4.69, 9.17) is 9.15 Å². The summed E-state index contributed by atoms with van der Waals surface area (Å²) in [6, 6.07) is 7.33. The number of carbonyl (C=O) groups is 2. The minimum Gasteiger partial charge on any atom is -0.452 e. The van der Waals surface area contributed by atoms with Gasteiger partial charge in [0.25, 0.3) is 5.91 Å². The molecule has 1 aromatic heterocycles. The molecule has 1 amide bonds. The molecule has 6 heteroatoms. The van der Waals surface area contributed by atoms with Crippen LogP contribution in [-0.4, -0.2) is 30.0 Å². The highest BCUT2D eigenvalue weighted by molar-refractivity contribution is 5.89. The Bertz CT molecular complexity index is 727. The highest BCUT2D eigenvalue weighted by Crippen LogP contribution is 2.22. The molecule has 25 heavy (non-hydrogen) atoms. The third-order valence-corrected chi connectivity index (χ3v) is 4.33. The van der Waals surface area contributed by atoms with E-state index in [1.807, 2.05) is 18.2 Å². The number of carbonyl (C=O) groups excluding carboxylic acids is 2. The number of amides is 1. The van der Waals surface area contributed by atoms with Gasteiger partial charge in [-0.3, -0.25) is 4.79 Å². The molecular weight excluding hydrogens is 320 g/mol. The predicted octanol–water partition coefficient (Wildman–Crippen LogP) is 3.08. The van der Waals surface area contributed by atoms with E-state index in [1.54, 1.807) is 6.07 Å². The maximum Gasteiger partial charge on any atom is 0.331 e. The SMILES string of the molecule is O=C(COC(=O)/C=C/c1nc2ccccc2o1)NCC1CCCCC1. The molecule has 1 N–H and O–H groups in total. The molecular formula is C19H22N2O4. The largest absolute Gasteiger partial charge is 0.452 e. The number of oxazole rings is 1. The molecule has 0 spiro atoms. The number of hydrogen-bond acceptors (Lipinski definition) is 5. The Balaban J connectivity index is 1.40. The van der Waals surface area contributed by atoms with Crippen LogP contribution >= 0.6 is 0 Å². The molecule has 0 atom stereocenters. The van der Waals surface area contributed by atoms with Crippen molar-refractivity contribution < 1.29 is 18.7 Å². The second kappa shape index (κ2) is 8.46. The molecule has 2 aromatic rings. The summed E-state index contributed by atoms with van der Waals surface area (Å²) in [5, 5.41) is 2.83. The molecule has 1 aromatic carbocycles. The quantitative estimate of drug-likeness (QED) is 0.644.